The van der Waals surface area contributed by atoms with E-state index in [4.69, 9.17) is 4.74 Å². The second-order valence-corrected chi connectivity index (χ2v) is 4.86. The molecule has 0 saturated carbocycles. The van der Waals surface area contributed by atoms with E-state index in [1.165, 1.54) is 5.56 Å². The molecule has 0 aliphatic rings. The molecule has 0 fully saturated rings. The maximum Gasteiger partial charge on any atom is 0.119 e. The third-order valence-corrected chi connectivity index (χ3v) is 3.36. The lowest BCUT2D eigenvalue weighted by Crippen LogP contribution is -2.40. The number of rotatable bonds is 6. The highest BCUT2D eigenvalue weighted by molar-refractivity contribution is 5.27. The molecule has 18 heavy (non-hydrogen) atoms. The van der Waals surface area contributed by atoms with Gasteiger partial charge in [-0.3, -0.25) is 4.90 Å². The number of benzene rings is 1. The van der Waals surface area contributed by atoms with E-state index in [0.29, 0.717) is 6.61 Å². The summed E-state index contributed by atoms with van der Waals surface area (Å²) in [5.41, 5.74) is 0.834. The van der Waals surface area contributed by atoms with Gasteiger partial charge < -0.3 is 4.74 Å². The first kappa shape index (κ1) is 14.5. The lowest BCUT2D eigenvalue weighted by molar-refractivity contribution is 0.224. The summed E-state index contributed by atoms with van der Waals surface area (Å²) in [4.78, 5) is 1.97. The van der Waals surface area contributed by atoms with Gasteiger partial charge in [0.25, 0.3) is 0 Å². The third-order valence-electron chi connectivity index (χ3n) is 3.36. The first-order chi connectivity index (χ1) is 8.51. The Morgan fingerprint density at radius 3 is 2.33 bits per heavy atom. The Morgan fingerprint density at radius 2 is 1.89 bits per heavy atom. The molecule has 1 rings (SSSR count). The number of nitrogens with zero attached hydrogens (tertiary/aromatic N) is 2. The summed E-state index contributed by atoms with van der Waals surface area (Å²) in [6, 6.07) is 10.5. The zero-order chi connectivity index (χ0) is 13.6. The van der Waals surface area contributed by atoms with Crippen molar-refractivity contribution < 1.29 is 4.74 Å². The van der Waals surface area contributed by atoms with Crippen LogP contribution in [0.25, 0.3) is 0 Å². The van der Waals surface area contributed by atoms with Crippen LogP contribution in [0.2, 0.25) is 0 Å². The molecule has 3 heteroatoms. The molecule has 0 radical (unpaired) electrons. The van der Waals surface area contributed by atoms with Crippen LogP contribution in [0.15, 0.2) is 24.3 Å². The van der Waals surface area contributed by atoms with Crippen molar-refractivity contribution in [3.05, 3.63) is 29.8 Å². The van der Waals surface area contributed by atoms with E-state index in [0.717, 1.165) is 18.6 Å². The average Bonchev–Trinajstić information content (AvgIpc) is 2.37. The van der Waals surface area contributed by atoms with Crippen LogP contribution in [0.5, 0.6) is 5.75 Å². The molecule has 0 bridgehead atoms. The van der Waals surface area contributed by atoms with E-state index < -0.39 is 5.54 Å². The largest absolute Gasteiger partial charge is 0.494 e. The van der Waals surface area contributed by atoms with Crippen molar-refractivity contribution in [3.63, 3.8) is 0 Å². The Labute approximate surface area is 110 Å². The highest BCUT2D eigenvalue weighted by atomic mass is 16.5. The molecule has 1 atom stereocenters. The standard InChI is InChI=1S/C15H22N2O/c1-5-18-14-8-6-13(7-9-14)10-11-15(2,12-16)17(3)4/h6-9H,5,10-11H2,1-4H3. The summed E-state index contributed by atoms with van der Waals surface area (Å²) in [6.07, 6.45) is 1.72. The minimum atomic E-state index is -0.404. The Morgan fingerprint density at radius 1 is 1.28 bits per heavy atom. The summed E-state index contributed by atoms with van der Waals surface area (Å²) in [7, 11) is 3.89. The minimum Gasteiger partial charge on any atom is -0.494 e. The maximum absolute atomic E-state index is 9.24. The van der Waals surface area contributed by atoms with Gasteiger partial charge in [-0.25, -0.2) is 0 Å². The molecule has 1 aromatic rings. The van der Waals surface area contributed by atoms with E-state index in [1.54, 1.807) is 0 Å². The molecule has 1 unspecified atom stereocenters. The van der Waals surface area contributed by atoms with Gasteiger partial charge in [0, 0.05) is 0 Å². The van der Waals surface area contributed by atoms with Gasteiger partial charge >= 0.3 is 0 Å². The first-order valence-corrected chi connectivity index (χ1v) is 6.32. The topological polar surface area (TPSA) is 36.3 Å². The Balaban J connectivity index is 2.61. The zero-order valence-corrected chi connectivity index (χ0v) is 11.7. The summed E-state index contributed by atoms with van der Waals surface area (Å²) in [5.74, 6) is 0.900. The lowest BCUT2D eigenvalue weighted by atomic mass is 9.93. The van der Waals surface area contributed by atoms with Crippen LogP contribution in [-0.2, 0) is 6.42 Å². The van der Waals surface area contributed by atoms with Crippen LogP contribution in [0.1, 0.15) is 25.8 Å². The van der Waals surface area contributed by atoms with E-state index in [1.807, 2.05) is 45.0 Å². The van der Waals surface area contributed by atoms with E-state index in [2.05, 4.69) is 18.2 Å². The van der Waals surface area contributed by atoms with Crippen LogP contribution in [-0.4, -0.2) is 31.1 Å². The summed E-state index contributed by atoms with van der Waals surface area (Å²) in [6.45, 7) is 4.64. The SMILES string of the molecule is CCOc1ccc(CCC(C)(C#N)N(C)C)cc1. The maximum atomic E-state index is 9.24. The van der Waals surface area contributed by atoms with E-state index >= 15 is 0 Å². The van der Waals surface area contributed by atoms with E-state index in [-0.39, 0.29) is 0 Å². The third kappa shape index (κ3) is 3.75. The van der Waals surface area contributed by atoms with Crippen LogP contribution in [0.4, 0.5) is 0 Å². The van der Waals surface area contributed by atoms with Gasteiger partial charge in [0.2, 0.25) is 0 Å². The molecule has 1 aromatic carbocycles. The van der Waals surface area contributed by atoms with Crippen molar-refractivity contribution in [1.29, 1.82) is 5.26 Å². The normalized spacial score (nSPS) is 14.0. The molecule has 0 aliphatic heterocycles. The van der Waals surface area contributed by atoms with Crippen LogP contribution in [0.3, 0.4) is 0 Å². The molecule has 0 saturated heterocycles. The Hall–Kier alpha value is -1.53. The quantitative estimate of drug-likeness (QED) is 0.774. The number of ether oxygens (including phenoxy) is 1. The molecule has 0 aromatic heterocycles. The van der Waals surface area contributed by atoms with Crippen molar-refractivity contribution in [2.24, 2.45) is 0 Å². The summed E-state index contributed by atoms with van der Waals surface area (Å²) in [5, 5.41) is 9.24. The highest BCUT2D eigenvalue weighted by Gasteiger charge is 2.25. The van der Waals surface area contributed by atoms with Crippen molar-refractivity contribution >= 4 is 0 Å². The molecule has 98 valence electrons. The fourth-order valence-corrected chi connectivity index (χ4v) is 1.69. The van der Waals surface area contributed by atoms with Gasteiger partial charge in [-0.1, -0.05) is 12.1 Å². The zero-order valence-electron chi connectivity index (χ0n) is 11.7. The minimum absolute atomic E-state index is 0.404. The highest BCUT2D eigenvalue weighted by Crippen LogP contribution is 2.20. The van der Waals surface area contributed by atoms with E-state index in [9.17, 15) is 5.26 Å². The summed E-state index contributed by atoms with van der Waals surface area (Å²) < 4.78 is 5.41. The number of nitriles is 1. The molecular weight excluding hydrogens is 224 g/mol. The molecule has 0 spiro atoms. The second-order valence-electron chi connectivity index (χ2n) is 4.86. The molecule has 0 heterocycles. The van der Waals surface area contributed by atoms with Crippen molar-refractivity contribution in [2.45, 2.75) is 32.2 Å². The number of hydrogen-bond donors (Lipinski definition) is 0. The van der Waals surface area contributed by atoms with Gasteiger partial charge in [-0.15, -0.1) is 0 Å². The predicted octanol–water partition coefficient (Wildman–Crippen LogP) is 2.86. The first-order valence-electron chi connectivity index (χ1n) is 6.32. The average molecular weight is 246 g/mol. The summed E-state index contributed by atoms with van der Waals surface area (Å²) >= 11 is 0. The van der Waals surface area contributed by atoms with Gasteiger partial charge in [-0.05, 0) is 58.5 Å². The molecule has 0 amide bonds. The van der Waals surface area contributed by atoms with Crippen LogP contribution < -0.4 is 4.74 Å². The number of aryl methyl sites for hydroxylation is 1. The van der Waals surface area contributed by atoms with Gasteiger partial charge in [-0.2, -0.15) is 5.26 Å². The van der Waals surface area contributed by atoms with Gasteiger partial charge in [0.05, 0.1) is 12.7 Å². The Bertz CT molecular complexity index is 405. The van der Waals surface area contributed by atoms with Crippen molar-refractivity contribution in [1.82, 2.24) is 4.90 Å². The predicted molar refractivity (Wildman–Crippen MR) is 73.6 cm³/mol. The van der Waals surface area contributed by atoms with Crippen molar-refractivity contribution in [3.8, 4) is 11.8 Å². The monoisotopic (exact) mass is 246 g/mol. The van der Waals surface area contributed by atoms with Gasteiger partial charge in [0.1, 0.15) is 11.3 Å². The fourth-order valence-electron chi connectivity index (χ4n) is 1.69. The fraction of sp³-hybridized carbons (Fsp3) is 0.533. The molecule has 0 aliphatic carbocycles. The Kier molecular flexibility index (Phi) is 5.18. The lowest BCUT2D eigenvalue weighted by Gasteiger charge is -2.29. The smallest absolute Gasteiger partial charge is 0.119 e. The van der Waals surface area contributed by atoms with Gasteiger partial charge in [0.15, 0.2) is 0 Å². The number of hydrogen-bond acceptors (Lipinski definition) is 3. The van der Waals surface area contributed by atoms with Crippen LogP contribution >= 0.6 is 0 Å². The molecule has 3 nitrogen and oxygen atoms in total. The van der Waals surface area contributed by atoms with Crippen LogP contribution in [0, 0.1) is 11.3 Å². The van der Waals surface area contributed by atoms with Crippen molar-refractivity contribution in [2.75, 3.05) is 20.7 Å². The molecule has 0 N–H and O–H groups in total. The second kappa shape index (κ2) is 6.42. The molecular formula is C15H22N2O.